The number of hydrogen-bond donors (Lipinski definition) is 2. The molecule has 4 nitrogen and oxygen atoms in total. The van der Waals surface area contributed by atoms with Crippen LogP contribution in [0.3, 0.4) is 0 Å². The van der Waals surface area contributed by atoms with Gasteiger partial charge in [0.2, 0.25) is 5.91 Å². The zero-order chi connectivity index (χ0) is 9.68. The second-order valence-corrected chi connectivity index (χ2v) is 3.30. The minimum atomic E-state index is -0.0706. The van der Waals surface area contributed by atoms with Crippen LogP contribution in [0.2, 0.25) is 0 Å². The van der Waals surface area contributed by atoms with Gasteiger partial charge in [-0.2, -0.15) is 0 Å². The highest BCUT2D eigenvalue weighted by Crippen LogP contribution is 1.95. The second kappa shape index (κ2) is 4.99. The van der Waals surface area contributed by atoms with E-state index in [-0.39, 0.29) is 11.9 Å². The summed E-state index contributed by atoms with van der Waals surface area (Å²) in [5.74, 6) is 0.0615. The summed E-state index contributed by atoms with van der Waals surface area (Å²) in [6, 6.07) is -0.0706. The Hall–Kier alpha value is -0.870. The van der Waals surface area contributed by atoms with Crippen LogP contribution in [0.25, 0.3) is 0 Å². The van der Waals surface area contributed by atoms with Gasteiger partial charge in [-0.1, -0.05) is 6.08 Å². The van der Waals surface area contributed by atoms with Gasteiger partial charge in [-0.15, -0.1) is 6.58 Å². The van der Waals surface area contributed by atoms with Crippen LogP contribution >= 0.6 is 0 Å². The number of carbonyl (C=O) groups excluding carboxylic acids is 1. The van der Waals surface area contributed by atoms with Crippen molar-refractivity contribution >= 4 is 5.91 Å². The number of piperazine rings is 1. The number of hydrogen-bond acceptors (Lipinski definition) is 3. The zero-order valence-electron chi connectivity index (χ0n) is 8.05. The molecule has 13 heavy (non-hydrogen) atoms. The first-order valence-corrected chi connectivity index (χ1v) is 4.54. The van der Waals surface area contributed by atoms with E-state index < -0.39 is 0 Å². The summed E-state index contributed by atoms with van der Waals surface area (Å²) < 4.78 is 0. The van der Waals surface area contributed by atoms with E-state index in [1.807, 2.05) is 7.05 Å². The van der Waals surface area contributed by atoms with Crippen LogP contribution in [-0.2, 0) is 4.79 Å². The highest BCUT2D eigenvalue weighted by atomic mass is 16.2. The van der Waals surface area contributed by atoms with Crippen molar-refractivity contribution in [3.63, 3.8) is 0 Å². The van der Waals surface area contributed by atoms with Gasteiger partial charge in [0.1, 0.15) is 0 Å². The fraction of sp³-hybridized carbons (Fsp3) is 0.667. The SMILES string of the molecule is C=CCNC(=O)C1CN(C)CCN1. The Kier molecular flexibility index (Phi) is 3.92. The normalized spacial score (nSPS) is 23.9. The lowest BCUT2D eigenvalue weighted by Gasteiger charge is -2.29. The van der Waals surface area contributed by atoms with Gasteiger partial charge in [-0.3, -0.25) is 4.79 Å². The predicted molar refractivity (Wildman–Crippen MR) is 52.5 cm³/mol. The Morgan fingerprint density at radius 3 is 3.23 bits per heavy atom. The monoisotopic (exact) mass is 183 g/mol. The third-order valence-electron chi connectivity index (χ3n) is 2.12. The van der Waals surface area contributed by atoms with Crippen molar-refractivity contribution in [1.82, 2.24) is 15.5 Å². The van der Waals surface area contributed by atoms with E-state index in [4.69, 9.17) is 0 Å². The number of rotatable bonds is 3. The number of nitrogens with zero attached hydrogens (tertiary/aromatic N) is 1. The molecule has 0 saturated carbocycles. The quantitative estimate of drug-likeness (QED) is 0.563. The van der Waals surface area contributed by atoms with E-state index in [0.717, 1.165) is 19.6 Å². The summed E-state index contributed by atoms with van der Waals surface area (Å²) in [6.07, 6.45) is 1.68. The van der Waals surface area contributed by atoms with Gasteiger partial charge in [0.15, 0.2) is 0 Å². The Morgan fingerprint density at radius 1 is 1.85 bits per heavy atom. The lowest BCUT2D eigenvalue weighted by atomic mass is 10.2. The van der Waals surface area contributed by atoms with Crippen LogP contribution in [0.15, 0.2) is 12.7 Å². The molecule has 0 aromatic carbocycles. The average Bonchev–Trinajstić information content (AvgIpc) is 2.14. The third-order valence-corrected chi connectivity index (χ3v) is 2.12. The van der Waals surface area contributed by atoms with Gasteiger partial charge in [0.25, 0.3) is 0 Å². The second-order valence-electron chi connectivity index (χ2n) is 3.30. The van der Waals surface area contributed by atoms with Gasteiger partial charge in [0.05, 0.1) is 6.04 Å². The maximum absolute atomic E-state index is 11.5. The minimum Gasteiger partial charge on any atom is -0.351 e. The van der Waals surface area contributed by atoms with E-state index in [1.54, 1.807) is 6.08 Å². The van der Waals surface area contributed by atoms with E-state index >= 15 is 0 Å². The first-order chi connectivity index (χ1) is 6.24. The minimum absolute atomic E-state index is 0.0615. The highest BCUT2D eigenvalue weighted by Gasteiger charge is 2.22. The first-order valence-electron chi connectivity index (χ1n) is 4.54. The molecular formula is C9H17N3O. The molecule has 1 rings (SSSR count). The lowest BCUT2D eigenvalue weighted by Crippen LogP contribution is -2.56. The molecule has 0 aromatic rings. The van der Waals surface area contributed by atoms with Gasteiger partial charge in [0, 0.05) is 26.2 Å². The predicted octanol–water partition coefficient (Wildman–Crippen LogP) is -0.808. The highest BCUT2D eigenvalue weighted by molar-refractivity contribution is 5.82. The van der Waals surface area contributed by atoms with Crippen LogP contribution in [0, 0.1) is 0 Å². The molecule has 74 valence electrons. The van der Waals surface area contributed by atoms with Crippen LogP contribution in [-0.4, -0.2) is 50.1 Å². The molecule has 1 unspecified atom stereocenters. The average molecular weight is 183 g/mol. The fourth-order valence-electron chi connectivity index (χ4n) is 1.37. The van der Waals surface area contributed by atoms with Crippen LogP contribution in [0.1, 0.15) is 0 Å². The summed E-state index contributed by atoms with van der Waals surface area (Å²) in [5, 5.41) is 5.95. The molecule has 0 radical (unpaired) electrons. The van der Waals surface area contributed by atoms with E-state index in [1.165, 1.54) is 0 Å². The summed E-state index contributed by atoms with van der Waals surface area (Å²) in [5.41, 5.74) is 0. The smallest absolute Gasteiger partial charge is 0.238 e. The topological polar surface area (TPSA) is 44.4 Å². The Morgan fingerprint density at radius 2 is 2.62 bits per heavy atom. The standard InChI is InChI=1S/C9H17N3O/c1-3-4-11-9(13)8-7-12(2)6-5-10-8/h3,8,10H,1,4-7H2,2H3,(H,11,13). The first kappa shape index (κ1) is 10.2. The van der Waals surface area contributed by atoms with Crippen molar-refractivity contribution in [3.8, 4) is 0 Å². The number of amides is 1. The van der Waals surface area contributed by atoms with Crippen molar-refractivity contribution in [1.29, 1.82) is 0 Å². The number of carbonyl (C=O) groups is 1. The van der Waals surface area contributed by atoms with E-state index in [2.05, 4.69) is 22.1 Å². The molecule has 1 saturated heterocycles. The molecule has 0 aliphatic carbocycles. The Balaban J connectivity index is 2.32. The molecule has 1 heterocycles. The molecule has 0 bridgehead atoms. The maximum Gasteiger partial charge on any atom is 0.238 e. The lowest BCUT2D eigenvalue weighted by molar-refractivity contribution is -0.123. The molecule has 1 atom stereocenters. The molecule has 1 fully saturated rings. The van der Waals surface area contributed by atoms with Gasteiger partial charge < -0.3 is 15.5 Å². The van der Waals surface area contributed by atoms with Crippen molar-refractivity contribution in [2.45, 2.75) is 6.04 Å². The molecule has 1 aliphatic rings. The van der Waals surface area contributed by atoms with Gasteiger partial charge in [-0.25, -0.2) is 0 Å². The third kappa shape index (κ3) is 3.16. The molecule has 0 spiro atoms. The maximum atomic E-state index is 11.5. The zero-order valence-corrected chi connectivity index (χ0v) is 8.05. The number of nitrogens with one attached hydrogen (secondary N) is 2. The van der Waals surface area contributed by atoms with E-state index in [9.17, 15) is 4.79 Å². The molecule has 4 heteroatoms. The van der Waals surface area contributed by atoms with Crippen molar-refractivity contribution in [2.24, 2.45) is 0 Å². The van der Waals surface area contributed by atoms with Crippen molar-refractivity contribution in [3.05, 3.63) is 12.7 Å². The molecule has 2 N–H and O–H groups in total. The van der Waals surface area contributed by atoms with Crippen molar-refractivity contribution < 1.29 is 4.79 Å². The largest absolute Gasteiger partial charge is 0.351 e. The van der Waals surface area contributed by atoms with Crippen molar-refractivity contribution in [2.75, 3.05) is 33.2 Å². The van der Waals surface area contributed by atoms with Gasteiger partial charge >= 0.3 is 0 Å². The fourth-order valence-corrected chi connectivity index (χ4v) is 1.37. The summed E-state index contributed by atoms with van der Waals surface area (Å²) >= 11 is 0. The Bertz CT molecular complexity index is 193. The van der Waals surface area contributed by atoms with E-state index in [0.29, 0.717) is 6.54 Å². The number of likely N-dealkylation sites (N-methyl/N-ethyl adjacent to an activating group) is 1. The van der Waals surface area contributed by atoms with Crippen LogP contribution in [0.4, 0.5) is 0 Å². The molecule has 1 amide bonds. The summed E-state index contributed by atoms with van der Waals surface area (Å²) in [6.45, 7) is 6.75. The summed E-state index contributed by atoms with van der Waals surface area (Å²) in [4.78, 5) is 13.6. The molecule has 1 aliphatic heterocycles. The Labute approximate surface area is 79.0 Å². The van der Waals surface area contributed by atoms with Crippen LogP contribution < -0.4 is 10.6 Å². The molecular weight excluding hydrogens is 166 g/mol. The summed E-state index contributed by atoms with van der Waals surface area (Å²) in [7, 11) is 2.02. The molecule has 0 aromatic heterocycles. The van der Waals surface area contributed by atoms with Crippen LogP contribution in [0.5, 0.6) is 0 Å². The van der Waals surface area contributed by atoms with Gasteiger partial charge in [-0.05, 0) is 7.05 Å².